The summed E-state index contributed by atoms with van der Waals surface area (Å²) < 4.78 is 2.24. The molecule has 0 bridgehead atoms. The number of aromatic nitrogens is 4. The van der Waals surface area contributed by atoms with Crippen LogP contribution in [0.25, 0.3) is 0 Å². The summed E-state index contributed by atoms with van der Waals surface area (Å²) in [4.78, 5) is 9.34. The SMILES string of the molecule is CN(Cc1nccn1Cc1ccccc1)CC1CCCN1c1cccnn1. The van der Waals surface area contributed by atoms with E-state index < -0.39 is 0 Å². The highest BCUT2D eigenvalue weighted by molar-refractivity contribution is 5.39. The molecule has 1 unspecified atom stereocenters. The standard InChI is InChI=1S/C21H26N6/c1-25(16-19-9-6-13-27(19)20-10-5-11-23-24-20)17-21-22-12-14-26(21)15-18-7-3-2-4-8-18/h2-5,7-8,10-12,14,19H,6,9,13,15-17H2,1H3. The van der Waals surface area contributed by atoms with Gasteiger partial charge in [0, 0.05) is 44.3 Å². The first kappa shape index (κ1) is 17.7. The Kier molecular flexibility index (Phi) is 5.44. The monoisotopic (exact) mass is 362 g/mol. The molecule has 3 heterocycles. The van der Waals surface area contributed by atoms with E-state index in [4.69, 9.17) is 0 Å². The summed E-state index contributed by atoms with van der Waals surface area (Å²) in [6.07, 6.45) is 8.09. The second-order valence-electron chi connectivity index (χ2n) is 7.23. The van der Waals surface area contributed by atoms with Gasteiger partial charge in [-0.15, -0.1) is 5.10 Å². The van der Waals surface area contributed by atoms with Crippen molar-refractivity contribution in [2.24, 2.45) is 0 Å². The third-order valence-corrected chi connectivity index (χ3v) is 5.16. The molecule has 0 saturated carbocycles. The first-order valence-corrected chi connectivity index (χ1v) is 9.56. The number of imidazole rings is 1. The lowest BCUT2D eigenvalue weighted by atomic mass is 10.2. The van der Waals surface area contributed by atoms with Crippen molar-refractivity contribution >= 4 is 5.82 Å². The van der Waals surface area contributed by atoms with Crippen molar-refractivity contribution < 1.29 is 0 Å². The van der Waals surface area contributed by atoms with Gasteiger partial charge in [0.1, 0.15) is 5.82 Å². The summed E-state index contributed by atoms with van der Waals surface area (Å²) in [5.41, 5.74) is 1.30. The minimum atomic E-state index is 0.476. The lowest BCUT2D eigenvalue weighted by molar-refractivity contribution is 0.292. The van der Waals surface area contributed by atoms with Gasteiger partial charge in [0.05, 0.1) is 6.54 Å². The molecule has 6 heteroatoms. The van der Waals surface area contributed by atoms with E-state index in [0.29, 0.717) is 6.04 Å². The molecule has 27 heavy (non-hydrogen) atoms. The van der Waals surface area contributed by atoms with Gasteiger partial charge in [0.15, 0.2) is 5.82 Å². The Morgan fingerprint density at radius 1 is 1.11 bits per heavy atom. The van der Waals surface area contributed by atoms with Gasteiger partial charge in [0.2, 0.25) is 0 Å². The van der Waals surface area contributed by atoms with Gasteiger partial charge in [-0.05, 0) is 37.6 Å². The van der Waals surface area contributed by atoms with E-state index in [-0.39, 0.29) is 0 Å². The number of anilines is 1. The fraction of sp³-hybridized carbons (Fsp3) is 0.381. The van der Waals surface area contributed by atoms with E-state index in [0.717, 1.165) is 37.8 Å². The molecule has 0 radical (unpaired) electrons. The first-order chi connectivity index (χ1) is 13.3. The van der Waals surface area contributed by atoms with Crippen LogP contribution in [-0.2, 0) is 13.1 Å². The number of likely N-dealkylation sites (N-methyl/N-ethyl adjacent to an activating group) is 1. The minimum absolute atomic E-state index is 0.476. The van der Waals surface area contributed by atoms with Gasteiger partial charge in [-0.2, -0.15) is 5.10 Å². The van der Waals surface area contributed by atoms with Crippen molar-refractivity contribution in [3.63, 3.8) is 0 Å². The van der Waals surface area contributed by atoms with E-state index in [1.807, 2.05) is 12.3 Å². The van der Waals surface area contributed by atoms with Crippen LogP contribution in [0, 0.1) is 0 Å². The van der Waals surface area contributed by atoms with Gasteiger partial charge >= 0.3 is 0 Å². The van der Waals surface area contributed by atoms with Crippen LogP contribution in [-0.4, -0.2) is 50.8 Å². The van der Waals surface area contributed by atoms with Crippen molar-refractivity contribution in [3.8, 4) is 0 Å². The molecule has 1 fully saturated rings. The van der Waals surface area contributed by atoms with E-state index in [1.54, 1.807) is 6.20 Å². The van der Waals surface area contributed by atoms with Crippen molar-refractivity contribution in [3.05, 3.63) is 72.4 Å². The van der Waals surface area contributed by atoms with Gasteiger partial charge < -0.3 is 9.47 Å². The highest BCUT2D eigenvalue weighted by Crippen LogP contribution is 2.23. The van der Waals surface area contributed by atoms with Crippen molar-refractivity contribution in [1.82, 2.24) is 24.6 Å². The average Bonchev–Trinajstić information content (AvgIpc) is 3.33. The molecule has 3 aromatic rings. The first-order valence-electron chi connectivity index (χ1n) is 9.56. The largest absolute Gasteiger partial charge is 0.351 e. The molecule has 0 spiro atoms. The summed E-state index contributed by atoms with van der Waals surface area (Å²) in [6.45, 7) is 3.75. The average molecular weight is 362 g/mol. The number of hydrogen-bond acceptors (Lipinski definition) is 5. The zero-order valence-electron chi connectivity index (χ0n) is 15.8. The highest BCUT2D eigenvalue weighted by atomic mass is 15.3. The molecule has 0 amide bonds. The summed E-state index contributed by atoms with van der Waals surface area (Å²) in [6, 6.07) is 15.0. The fourth-order valence-corrected chi connectivity index (χ4v) is 3.86. The van der Waals surface area contributed by atoms with Crippen LogP contribution >= 0.6 is 0 Å². The van der Waals surface area contributed by atoms with Gasteiger partial charge in [0.25, 0.3) is 0 Å². The van der Waals surface area contributed by atoms with Crippen molar-refractivity contribution in [1.29, 1.82) is 0 Å². The molecule has 140 valence electrons. The van der Waals surface area contributed by atoms with Gasteiger partial charge in [-0.25, -0.2) is 4.98 Å². The molecule has 0 aliphatic carbocycles. The molecule has 1 aliphatic heterocycles. The molecule has 1 aliphatic rings. The molecule has 1 aromatic carbocycles. The van der Waals surface area contributed by atoms with Gasteiger partial charge in [-0.3, -0.25) is 4.90 Å². The molecular formula is C21H26N6. The third-order valence-electron chi connectivity index (χ3n) is 5.16. The molecule has 2 aromatic heterocycles. The zero-order valence-corrected chi connectivity index (χ0v) is 15.8. The molecule has 6 nitrogen and oxygen atoms in total. The Morgan fingerprint density at radius 3 is 2.81 bits per heavy atom. The maximum Gasteiger partial charge on any atom is 0.151 e. The summed E-state index contributed by atoms with van der Waals surface area (Å²) >= 11 is 0. The number of benzene rings is 1. The van der Waals surface area contributed by atoms with Crippen LogP contribution in [0.15, 0.2) is 61.1 Å². The van der Waals surface area contributed by atoms with Gasteiger partial charge in [-0.1, -0.05) is 30.3 Å². The van der Waals surface area contributed by atoms with E-state index >= 15 is 0 Å². The quantitative estimate of drug-likeness (QED) is 0.647. The lowest BCUT2D eigenvalue weighted by Gasteiger charge is -2.29. The Morgan fingerprint density at radius 2 is 2.00 bits per heavy atom. The Hall–Kier alpha value is -2.73. The van der Waals surface area contributed by atoms with Crippen molar-refractivity contribution in [2.45, 2.75) is 32.0 Å². The van der Waals surface area contributed by atoms with E-state index in [2.05, 4.69) is 79.2 Å². The number of rotatable bonds is 7. The van der Waals surface area contributed by atoms with Crippen LogP contribution in [0.4, 0.5) is 5.82 Å². The summed E-state index contributed by atoms with van der Waals surface area (Å²) in [5, 5.41) is 8.33. The molecule has 4 rings (SSSR count). The summed E-state index contributed by atoms with van der Waals surface area (Å²) in [7, 11) is 2.18. The third kappa shape index (κ3) is 4.34. The normalized spacial score (nSPS) is 17.0. The van der Waals surface area contributed by atoms with E-state index in [9.17, 15) is 0 Å². The predicted octanol–water partition coefficient (Wildman–Crippen LogP) is 2.82. The number of hydrogen-bond donors (Lipinski definition) is 0. The van der Waals surface area contributed by atoms with Crippen molar-refractivity contribution in [2.75, 3.05) is 25.0 Å². The Bertz CT molecular complexity index is 832. The molecule has 1 saturated heterocycles. The maximum atomic E-state index is 4.59. The van der Waals surface area contributed by atoms with Crippen LogP contribution < -0.4 is 4.90 Å². The second-order valence-corrected chi connectivity index (χ2v) is 7.23. The molecule has 0 N–H and O–H groups in total. The smallest absolute Gasteiger partial charge is 0.151 e. The number of nitrogens with zero attached hydrogens (tertiary/aromatic N) is 6. The van der Waals surface area contributed by atoms with Crippen LogP contribution in [0.2, 0.25) is 0 Å². The predicted molar refractivity (Wildman–Crippen MR) is 107 cm³/mol. The second kappa shape index (κ2) is 8.31. The highest BCUT2D eigenvalue weighted by Gasteiger charge is 2.27. The van der Waals surface area contributed by atoms with Crippen LogP contribution in [0.3, 0.4) is 0 Å². The van der Waals surface area contributed by atoms with Crippen LogP contribution in [0.1, 0.15) is 24.2 Å². The Balaban J connectivity index is 1.38. The lowest BCUT2D eigenvalue weighted by Crippen LogP contribution is -2.39. The zero-order chi connectivity index (χ0) is 18.5. The Labute approximate surface area is 160 Å². The maximum absolute atomic E-state index is 4.59. The van der Waals surface area contributed by atoms with Crippen LogP contribution in [0.5, 0.6) is 0 Å². The molecule has 1 atom stereocenters. The summed E-state index contributed by atoms with van der Waals surface area (Å²) in [5.74, 6) is 2.09. The minimum Gasteiger partial charge on any atom is -0.351 e. The molecular weight excluding hydrogens is 336 g/mol. The fourth-order valence-electron chi connectivity index (χ4n) is 3.86. The van der Waals surface area contributed by atoms with E-state index in [1.165, 1.54) is 18.4 Å². The topological polar surface area (TPSA) is 50.1 Å².